The van der Waals surface area contributed by atoms with Crippen LogP contribution in [0.25, 0.3) is 0 Å². The summed E-state index contributed by atoms with van der Waals surface area (Å²) >= 11 is 1.74. The van der Waals surface area contributed by atoms with Crippen LogP contribution in [0.1, 0.15) is 18.2 Å². The van der Waals surface area contributed by atoms with Gasteiger partial charge in [-0.1, -0.05) is 24.3 Å². The third kappa shape index (κ3) is 8.22. The highest BCUT2D eigenvalue weighted by Gasteiger charge is 1.98. The molecule has 0 bridgehead atoms. The minimum absolute atomic E-state index is 0. The SMILES string of the molecule is CCNC(=NCc1cccs1)NCCCNc1ccccc1.I. The summed E-state index contributed by atoms with van der Waals surface area (Å²) in [5.74, 6) is 0.885. The van der Waals surface area contributed by atoms with E-state index in [0.29, 0.717) is 0 Å². The molecule has 3 N–H and O–H groups in total. The van der Waals surface area contributed by atoms with Crippen molar-refractivity contribution in [3.8, 4) is 0 Å². The normalized spacial score (nSPS) is 10.7. The molecule has 0 saturated heterocycles. The number of anilines is 1. The Balaban J connectivity index is 0.00000264. The summed E-state index contributed by atoms with van der Waals surface area (Å²) in [5.41, 5.74) is 1.17. The fraction of sp³-hybridized carbons (Fsp3) is 0.353. The maximum atomic E-state index is 4.60. The Labute approximate surface area is 159 Å². The van der Waals surface area contributed by atoms with Crippen molar-refractivity contribution in [1.29, 1.82) is 0 Å². The molecule has 1 aromatic carbocycles. The molecular formula is C17H25IN4S. The van der Waals surface area contributed by atoms with Crippen LogP contribution < -0.4 is 16.0 Å². The third-order valence-corrected chi connectivity index (χ3v) is 3.93. The molecule has 0 aliphatic heterocycles. The molecular weight excluding hydrogens is 419 g/mol. The molecule has 2 aromatic rings. The highest BCUT2D eigenvalue weighted by Crippen LogP contribution is 2.09. The molecule has 23 heavy (non-hydrogen) atoms. The van der Waals surface area contributed by atoms with E-state index in [0.717, 1.165) is 38.6 Å². The first-order chi connectivity index (χ1) is 10.9. The second kappa shape index (κ2) is 12.2. The number of para-hydroxylation sites is 1. The zero-order chi connectivity index (χ0) is 15.5. The van der Waals surface area contributed by atoms with Gasteiger partial charge in [0.15, 0.2) is 5.96 Å². The molecule has 0 aliphatic carbocycles. The van der Waals surface area contributed by atoms with Crippen molar-refractivity contribution in [2.24, 2.45) is 4.99 Å². The Morgan fingerprint density at radius 2 is 1.87 bits per heavy atom. The van der Waals surface area contributed by atoms with Gasteiger partial charge in [0.05, 0.1) is 6.54 Å². The van der Waals surface area contributed by atoms with Gasteiger partial charge >= 0.3 is 0 Å². The summed E-state index contributed by atoms with van der Waals surface area (Å²) in [7, 11) is 0. The number of nitrogens with one attached hydrogen (secondary N) is 3. The number of rotatable bonds is 8. The van der Waals surface area contributed by atoms with Crippen LogP contribution in [0.2, 0.25) is 0 Å². The van der Waals surface area contributed by atoms with E-state index in [2.05, 4.69) is 57.5 Å². The van der Waals surface area contributed by atoms with Crippen molar-refractivity contribution in [3.63, 3.8) is 0 Å². The lowest BCUT2D eigenvalue weighted by molar-refractivity contribution is 0.766. The van der Waals surface area contributed by atoms with E-state index in [1.54, 1.807) is 11.3 Å². The first-order valence-electron chi connectivity index (χ1n) is 7.72. The lowest BCUT2D eigenvalue weighted by Crippen LogP contribution is -2.38. The topological polar surface area (TPSA) is 48.5 Å². The van der Waals surface area contributed by atoms with Crippen molar-refractivity contribution < 1.29 is 0 Å². The molecule has 0 spiro atoms. The van der Waals surface area contributed by atoms with Gasteiger partial charge in [-0.05, 0) is 36.9 Å². The van der Waals surface area contributed by atoms with Crippen molar-refractivity contribution in [3.05, 3.63) is 52.7 Å². The average Bonchev–Trinajstić information content (AvgIpc) is 3.06. The average molecular weight is 444 g/mol. The summed E-state index contributed by atoms with van der Waals surface area (Å²) in [4.78, 5) is 5.88. The monoisotopic (exact) mass is 444 g/mol. The van der Waals surface area contributed by atoms with Crippen LogP contribution in [-0.2, 0) is 6.54 Å². The molecule has 0 amide bonds. The van der Waals surface area contributed by atoms with Crippen LogP contribution in [0.3, 0.4) is 0 Å². The Morgan fingerprint density at radius 1 is 1.04 bits per heavy atom. The summed E-state index contributed by atoms with van der Waals surface area (Å²) in [5, 5.41) is 12.1. The maximum Gasteiger partial charge on any atom is 0.191 e. The number of benzene rings is 1. The minimum atomic E-state index is 0. The molecule has 0 radical (unpaired) electrons. The lowest BCUT2D eigenvalue weighted by Gasteiger charge is -2.11. The quantitative estimate of drug-likeness (QED) is 0.250. The van der Waals surface area contributed by atoms with Crippen LogP contribution >= 0.6 is 35.3 Å². The maximum absolute atomic E-state index is 4.60. The van der Waals surface area contributed by atoms with Crippen molar-refractivity contribution in [2.75, 3.05) is 25.0 Å². The molecule has 4 nitrogen and oxygen atoms in total. The minimum Gasteiger partial charge on any atom is -0.385 e. The Bertz CT molecular complexity index is 543. The van der Waals surface area contributed by atoms with E-state index >= 15 is 0 Å². The smallest absolute Gasteiger partial charge is 0.191 e. The van der Waals surface area contributed by atoms with Gasteiger partial charge in [0.2, 0.25) is 0 Å². The number of aliphatic imine (C=N–C) groups is 1. The Morgan fingerprint density at radius 3 is 2.57 bits per heavy atom. The van der Waals surface area contributed by atoms with Crippen molar-refractivity contribution in [1.82, 2.24) is 10.6 Å². The first kappa shape index (κ1) is 19.8. The van der Waals surface area contributed by atoms with Crippen LogP contribution in [0.4, 0.5) is 5.69 Å². The van der Waals surface area contributed by atoms with E-state index in [9.17, 15) is 0 Å². The third-order valence-electron chi connectivity index (χ3n) is 3.07. The zero-order valence-corrected chi connectivity index (χ0v) is 16.6. The highest BCUT2D eigenvalue weighted by molar-refractivity contribution is 14.0. The summed E-state index contributed by atoms with van der Waals surface area (Å²) in [6, 6.07) is 14.5. The van der Waals surface area contributed by atoms with Gasteiger partial charge in [0.1, 0.15) is 0 Å². The second-order valence-corrected chi connectivity index (χ2v) is 5.88. The Kier molecular flexibility index (Phi) is 10.5. The summed E-state index contributed by atoms with van der Waals surface area (Å²) < 4.78 is 0. The number of hydrogen-bond donors (Lipinski definition) is 3. The van der Waals surface area contributed by atoms with Gasteiger partial charge in [0.25, 0.3) is 0 Å². The molecule has 126 valence electrons. The Hall–Kier alpha value is -1.28. The fourth-order valence-corrected chi connectivity index (χ4v) is 2.61. The molecule has 1 aromatic heterocycles. The molecule has 6 heteroatoms. The van der Waals surface area contributed by atoms with Crippen LogP contribution in [0.5, 0.6) is 0 Å². The predicted octanol–water partition coefficient (Wildman–Crippen LogP) is 3.92. The number of nitrogens with zero attached hydrogens (tertiary/aromatic N) is 1. The van der Waals surface area contributed by atoms with E-state index < -0.39 is 0 Å². The summed E-state index contributed by atoms with van der Waals surface area (Å²) in [6.45, 7) is 5.53. The van der Waals surface area contributed by atoms with Gasteiger partial charge in [-0.3, -0.25) is 0 Å². The van der Waals surface area contributed by atoms with Gasteiger partial charge in [-0.2, -0.15) is 0 Å². The number of halogens is 1. The highest BCUT2D eigenvalue weighted by atomic mass is 127. The van der Waals surface area contributed by atoms with Gasteiger partial charge in [-0.25, -0.2) is 4.99 Å². The lowest BCUT2D eigenvalue weighted by atomic mass is 10.3. The standard InChI is InChI=1S/C17H24N4S.HI/c1-2-18-17(21-14-16-10-6-13-22-16)20-12-7-11-19-15-8-4-3-5-9-15;/h3-6,8-10,13,19H,2,7,11-12,14H2,1H3,(H2,18,20,21);1H. The molecule has 0 aliphatic rings. The summed E-state index contributed by atoms with van der Waals surface area (Å²) in [6.07, 6.45) is 1.04. The predicted molar refractivity (Wildman–Crippen MR) is 112 cm³/mol. The van der Waals surface area contributed by atoms with E-state index in [-0.39, 0.29) is 24.0 Å². The van der Waals surface area contributed by atoms with Crippen LogP contribution in [0.15, 0.2) is 52.8 Å². The molecule has 0 saturated carbocycles. The second-order valence-electron chi connectivity index (χ2n) is 4.85. The van der Waals surface area contributed by atoms with Gasteiger partial charge in [0, 0.05) is 30.2 Å². The molecule has 1 heterocycles. The number of thiophene rings is 1. The van der Waals surface area contributed by atoms with Crippen LogP contribution in [-0.4, -0.2) is 25.6 Å². The molecule has 0 atom stereocenters. The van der Waals surface area contributed by atoms with Crippen molar-refractivity contribution >= 4 is 47.0 Å². The van der Waals surface area contributed by atoms with Crippen LogP contribution in [0, 0.1) is 0 Å². The number of guanidine groups is 1. The van der Waals surface area contributed by atoms with E-state index in [1.807, 2.05) is 18.2 Å². The van der Waals surface area contributed by atoms with E-state index in [4.69, 9.17) is 0 Å². The van der Waals surface area contributed by atoms with E-state index in [1.165, 1.54) is 10.6 Å². The van der Waals surface area contributed by atoms with Gasteiger partial charge in [-0.15, -0.1) is 35.3 Å². The number of hydrogen-bond acceptors (Lipinski definition) is 3. The largest absolute Gasteiger partial charge is 0.385 e. The van der Waals surface area contributed by atoms with Crippen molar-refractivity contribution in [2.45, 2.75) is 19.9 Å². The first-order valence-corrected chi connectivity index (χ1v) is 8.60. The molecule has 2 rings (SSSR count). The zero-order valence-electron chi connectivity index (χ0n) is 13.4. The fourth-order valence-electron chi connectivity index (χ4n) is 1.99. The molecule has 0 unspecified atom stereocenters. The molecule has 0 fully saturated rings. The van der Waals surface area contributed by atoms with Gasteiger partial charge < -0.3 is 16.0 Å².